The van der Waals surface area contributed by atoms with Crippen LogP contribution in [-0.2, 0) is 0 Å². The molecule has 0 radical (unpaired) electrons. The molecule has 0 saturated carbocycles. The lowest BCUT2D eigenvalue weighted by molar-refractivity contribution is 0.102. The van der Waals surface area contributed by atoms with Gasteiger partial charge in [0.15, 0.2) is 5.78 Å². The molecular weight excluding hydrogens is 278 g/mol. The van der Waals surface area contributed by atoms with E-state index in [0.29, 0.717) is 6.04 Å². The molecule has 1 aromatic carbocycles. The van der Waals surface area contributed by atoms with Gasteiger partial charge in [-0.3, -0.25) is 9.69 Å². The molecule has 21 heavy (non-hydrogen) atoms. The van der Waals surface area contributed by atoms with E-state index < -0.39 is 0 Å². The van der Waals surface area contributed by atoms with Crippen molar-refractivity contribution in [2.75, 3.05) is 13.1 Å². The Morgan fingerprint density at radius 2 is 1.81 bits per heavy atom. The first kappa shape index (κ1) is 14.5. The summed E-state index contributed by atoms with van der Waals surface area (Å²) < 4.78 is 0. The molecule has 3 heteroatoms. The molecule has 1 saturated heterocycles. The number of likely N-dealkylation sites (tertiary alicyclic amines) is 1. The highest BCUT2D eigenvalue weighted by Gasteiger charge is 2.19. The summed E-state index contributed by atoms with van der Waals surface area (Å²) in [4.78, 5) is 15.1. The first-order valence-corrected chi connectivity index (χ1v) is 8.47. The fourth-order valence-corrected chi connectivity index (χ4v) is 3.91. The third-order valence-corrected chi connectivity index (χ3v) is 5.39. The molecule has 0 N–H and O–H groups in total. The minimum Gasteiger partial charge on any atom is -0.297 e. The molecule has 0 amide bonds. The highest BCUT2D eigenvalue weighted by Crippen LogP contribution is 2.31. The van der Waals surface area contributed by atoms with Crippen LogP contribution in [0.1, 0.15) is 48.0 Å². The summed E-state index contributed by atoms with van der Waals surface area (Å²) in [6.07, 6.45) is 2.64. The number of hydrogen-bond donors (Lipinski definition) is 0. The van der Waals surface area contributed by atoms with E-state index in [2.05, 4.69) is 36.1 Å². The molecule has 0 bridgehead atoms. The van der Waals surface area contributed by atoms with Crippen LogP contribution >= 0.6 is 11.3 Å². The molecule has 2 heterocycles. The van der Waals surface area contributed by atoms with E-state index in [1.165, 1.54) is 42.8 Å². The van der Waals surface area contributed by atoms with Crippen LogP contribution in [0.4, 0.5) is 0 Å². The van der Waals surface area contributed by atoms with Crippen LogP contribution in [0.2, 0.25) is 0 Å². The summed E-state index contributed by atoms with van der Waals surface area (Å²) >= 11 is 1.53. The van der Waals surface area contributed by atoms with Gasteiger partial charge in [-0.05, 0) is 62.4 Å². The summed E-state index contributed by atoms with van der Waals surface area (Å²) in [6, 6.07) is 11.2. The lowest BCUT2D eigenvalue weighted by Crippen LogP contribution is -2.23. The molecule has 0 spiro atoms. The fourth-order valence-electron chi connectivity index (χ4n) is 3.09. The average molecular weight is 299 g/mol. The molecular formula is C18H21NOS. The number of benzene rings is 1. The van der Waals surface area contributed by atoms with Crippen LogP contribution in [0.5, 0.6) is 0 Å². The number of carbonyl (C=O) groups is 1. The van der Waals surface area contributed by atoms with Crippen molar-refractivity contribution in [1.29, 1.82) is 0 Å². The zero-order valence-electron chi connectivity index (χ0n) is 12.6. The SMILES string of the molecule is CC(=O)c1sccc1-c1ccc(C(C)N2CCCC2)cc1. The van der Waals surface area contributed by atoms with E-state index in [9.17, 15) is 4.79 Å². The van der Waals surface area contributed by atoms with Crippen molar-refractivity contribution in [3.05, 3.63) is 46.2 Å². The third kappa shape index (κ3) is 2.94. The van der Waals surface area contributed by atoms with Crippen LogP contribution in [0, 0.1) is 0 Å². The third-order valence-electron chi connectivity index (χ3n) is 4.38. The maximum absolute atomic E-state index is 11.7. The van der Waals surface area contributed by atoms with Gasteiger partial charge in [-0.15, -0.1) is 11.3 Å². The second-order valence-electron chi connectivity index (χ2n) is 5.76. The van der Waals surface area contributed by atoms with Gasteiger partial charge in [0.25, 0.3) is 0 Å². The van der Waals surface area contributed by atoms with Gasteiger partial charge >= 0.3 is 0 Å². The lowest BCUT2D eigenvalue weighted by atomic mass is 10.0. The lowest BCUT2D eigenvalue weighted by Gasteiger charge is -2.24. The molecule has 1 aliphatic heterocycles. The van der Waals surface area contributed by atoms with Gasteiger partial charge in [-0.1, -0.05) is 24.3 Å². The maximum Gasteiger partial charge on any atom is 0.170 e. The topological polar surface area (TPSA) is 20.3 Å². The Morgan fingerprint density at radius 3 is 2.43 bits per heavy atom. The average Bonchev–Trinajstić information content (AvgIpc) is 3.18. The van der Waals surface area contributed by atoms with Crippen LogP contribution in [0.3, 0.4) is 0 Å². The second kappa shape index (κ2) is 6.12. The van der Waals surface area contributed by atoms with Crippen molar-refractivity contribution in [2.24, 2.45) is 0 Å². The van der Waals surface area contributed by atoms with Crippen molar-refractivity contribution in [1.82, 2.24) is 4.90 Å². The van der Waals surface area contributed by atoms with Gasteiger partial charge in [-0.25, -0.2) is 0 Å². The standard InChI is InChI=1S/C18H21NOS/c1-13(19-10-3-4-11-19)15-5-7-16(8-6-15)17-9-12-21-18(17)14(2)20/h5-9,12-13H,3-4,10-11H2,1-2H3. The number of nitrogens with zero attached hydrogens (tertiary/aromatic N) is 1. The second-order valence-corrected chi connectivity index (χ2v) is 6.68. The summed E-state index contributed by atoms with van der Waals surface area (Å²) in [5.74, 6) is 0.148. The Hall–Kier alpha value is -1.45. The monoisotopic (exact) mass is 299 g/mol. The molecule has 1 aliphatic rings. The van der Waals surface area contributed by atoms with Crippen LogP contribution in [0.25, 0.3) is 11.1 Å². The van der Waals surface area contributed by atoms with Crippen LogP contribution in [-0.4, -0.2) is 23.8 Å². The molecule has 2 nitrogen and oxygen atoms in total. The van der Waals surface area contributed by atoms with Gasteiger partial charge in [0, 0.05) is 11.6 Å². The number of thiophene rings is 1. The summed E-state index contributed by atoms with van der Waals surface area (Å²) in [5.41, 5.74) is 3.56. The van der Waals surface area contributed by atoms with E-state index in [4.69, 9.17) is 0 Å². The Labute approximate surface area is 130 Å². The Bertz CT molecular complexity index is 623. The van der Waals surface area contributed by atoms with Crippen molar-refractivity contribution >= 4 is 17.1 Å². The smallest absolute Gasteiger partial charge is 0.170 e. The summed E-state index contributed by atoms with van der Waals surface area (Å²) in [6.45, 7) is 6.34. The van der Waals surface area contributed by atoms with Crippen molar-refractivity contribution in [3.63, 3.8) is 0 Å². The highest BCUT2D eigenvalue weighted by atomic mass is 32.1. The predicted molar refractivity (Wildman–Crippen MR) is 89.0 cm³/mol. The first-order valence-electron chi connectivity index (χ1n) is 7.59. The van der Waals surface area contributed by atoms with E-state index in [-0.39, 0.29) is 5.78 Å². The fraction of sp³-hybridized carbons (Fsp3) is 0.389. The molecule has 0 aliphatic carbocycles. The maximum atomic E-state index is 11.7. The number of Topliss-reactive ketones (excluding diaryl/α,β-unsaturated/α-hetero) is 1. The summed E-state index contributed by atoms with van der Waals surface area (Å²) in [5, 5.41) is 1.99. The summed E-state index contributed by atoms with van der Waals surface area (Å²) in [7, 11) is 0. The highest BCUT2D eigenvalue weighted by molar-refractivity contribution is 7.12. The number of rotatable bonds is 4. The van der Waals surface area contributed by atoms with E-state index in [1.807, 2.05) is 11.4 Å². The molecule has 110 valence electrons. The van der Waals surface area contributed by atoms with Gasteiger partial charge in [0.1, 0.15) is 0 Å². The van der Waals surface area contributed by atoms with Gasteiger partial charge in [-0.2, -0.15) is 0 Å². The van der Waals surface area contributed by atoms with Crippen molar-refractivity contribution in [3.8, 4) is 11.1 Å². The molecule has 1 atom stereocenters. The van der Waals surface area contributed by atoms with Crippen molar-refractivity contribution < 1.29 is 4.79 Å². The van der Waals surface area contributed by atoms with Crippen molar-refractivity contribution in [2.45, 2.75) is 32.7 Å². The molecule has 1 fully saturated rings. The largest absolute Gasteiger partial charge is 0.297 e. The number of carbonyl (C=O) groups excluding carboxylic acids is 1. The van der Waals surface area contributed by atoms with E-state index >= 15 is 0 Å². The molecule has 1 unspecified atom stereocenters. The van der Waals surface area contributed by atoms with Gasteiger partial charge in [0.05, 0.1) is 4.88 Å². The van der Waals surface area contributed by atoms with Crippen LogP contribution < -0.4 is 0 Å². The number of hydrogen-bond acceptors (Lipinski definition) is 3. The Kier molecular flexibility index (Phi) is 4.22. The zero-order chi connectivity index (χ0) is 14.8. The minimum absolute atomic E-state index is 0.148. The Balaban J connectivity index is 1.83. The molecule has 3 rings (SSSR count). The first-order chi connectivity index (χ1) is 10.2. The zero-order valence-corrected chi connectivity index (χ0v) is 13.5. The van der Waals surface area contributed by atoms with Gasteiger partial charge < -0.3 is 0 Å². The predicted octanol–water partition coefficient (Wildman–Crippen LogP) is 4.77. The normalized spacial score (nSPS) is 17.0. The van der Waals surface area contributed by atoms with E-state index in [1.54, 1.807) is 6.92 Å². The number of ketones is 1. The molecule has 2 aromatic rings. The molecule has 1 aromatic heterocycles. The minimum atomic E-state index is 0.148. The Morgan fingerprint density at radius 1 is 1.14 bits per heavy atom. The quantitative estimate of drug-likeness (QED) is 0.758. The van der Waals surface area contributed by atoms with E-state index in [0.717, 1.165) is 16.0 Å². The van der Waals surface area contributed by atoms with Crippen LogP contribution in [0.15, 0.2) is 35.7 Å². The van der Waals surface area contributed by atoms with Gasteiger partial charge in [0.2, 0.25) is 0 Å².